The van der Waals surface area contributed by atoms with Gasteiger partial charge in [-0.25, -0.2) is 4.79 Å². The lowest BCUT2D eigenvalue weighted by atomic mass is 10.1. The molecule has 7 nitrogen and oxygen atoms in total. The number of nitrogens with zero attached hydrogens (tertiary/aromatic N) is 1. The largest absolute Gasteiger partial charge is 0.452 e. The van der Waals surface area contributed by atoms with Crippen molar-refractivity contribution < 1.29 is 19.1 Å². The summed E-state index contributed by atoms with van der Waals surface area (Å²) in [4.78, 5) is 38.6. The normalized spacial score (nSPS) is 10.4. The lowest BCUT2D eigenvalue weighted by Gasteiger charge is -2.13. The van der Waals surface area contributed by atoms with E-state index in [1.54, 1.807) is 48.5 Å². The van der Waals surface area contributed by atoms with Crippen LogP contribution in [-0.4, -0.2) is 45.0 Å². The molecule has 0 saturated heterocycles. The molecular weight excluding hydrogens is 370 g/mol. The summed E-state index contributed by atoms with van der Waals surface area (Å²) in [5.74, 6) is -1.07. The molecule has 0 aliphatic heterocycles. The maximum Gasteiger partial charge on any atom is 0.338 e. The van der Waals surface area contributed by atoms with Gasteiger partial charge in [-0.15, -0.1) is 0 Å². The van der Waals surface area contributed by atoms with Crippen LogP contribution in [0.25, 0.3) is 0 Å². The molecule has 0 radical (unpaired) electrons. The van der Waals surface area contributed by atoms with E-state index in [0.29, 0.717) is 29.3 Å². The standard InChI is InChI=1S/C22H27N3O4/c1-15(2)13-23-21(27)18-7-5-6-8-19(18)24-20(26)14-29-22(28)16-9-11-17(12-10-16)25(3)4/h5-12,15H,13-14H2,1-4H3,(H,23,27)(H,24,26). The lowest BCUT2D eigenvalue weighted by molar-refractivity contribution is -0.119. The molecule has 0 saturated carbocycles. The van der Waals surface area contributed by atoms with Crippen molar-refractivity contribution in [2.75, 3.05) is 37.5 Å². The Morgan fingerprint density at radius 1 is 1.00 bits per heavy atom. The lowest BCUT2D eigenvalue weighted by Crippen LogP contribution is -2.29. The van der Waals surface area contributed by atoms with E-state index in [1.165, 1.54) is 0 Å². The summed E-state index contributed by atoms with van der Waals surface area (Å²) >= 11 is 0. The van der Waals surface area contributed by atoms with Gasteiger partial charge in [0.15, 0.2) is 6.61 Å². The second-order valence-electron chi connectivity index (χ2n) is 7.22. The molecule has 0 bridgehead atoms. The van der Waals surface area contributed by atoms with Crippen LogP contribution in [0.1, 0.15) is 34.6 Å². The van der Waals surface area contributed by atoms with E-state index in [1.807, 2.05) is 32.8 Å². The third-order valence-electron chi connectivity index (χ3n) is 4.07. The summed E-state index contributed by atoms with van der Waals surface area (Å²) in [6.07, 6.45) is 0. The average molecular weight is 397 g/mol. The summed E-state index contributed by atoms with van der Waals surface area (Å²) < 4.78 is 5.08. The highest BCUT2D eigenvalue weighted by molar-refractivity contribution is 6.04. The molecule has 2 amide bonds. The molecule has 0 spiro atoms. The molecule has 0 aliphatic carbocycles. The van der Waals surface area contributed by atoms with Gasteiger partial charge in [0.1, 0.15) is 0 Å². The van der Waals surface area contributed by atoms with Gasteiger partial charge in [0.05, 0.1) is 16.8 Å². The minimum Gasteiger partial charge on any atom is -0.452 e. The van der Waals surface area contributed by atoms with Gasteiger partial charge in [-0.2, -0.15) is 0 Å². The predicted octanol–water partition coefficient (Wildman–Crippen LogP) is 2.93. The third kappa shape index (κ3) is 6.64. The van der Waals surface area contributed by atoms with Crippen molar-refractivity contribution in [3.8, 4) is 0 Å². The van der Waals surface area contributed by atoms with E-state index in [0.717, 1.165) is 5.69 Å². The third-order valence-corrected chi connectivity index (χ3v) is 4.07. The van der Waals surface area contributed by atoms with Crippen LogP contribution in [0.3, 0.4) is 0 Å². The van der Waals surface area contributed by atoms with Crippen molar-refractivity contribution in [1.82, 2.24) is 5.32 Å². The number of ether oxygens (including phenoxy) is 1. The van der Waals surface area contributed by atoms with Crippen LogP contribution in [0.4, 0.5) is 11.4 Å². The van der Waals surface area contributed by atoms with Gasteiger partial charge in [-0.3, -0.25) is 9.59 Å². The van der Waals surface area contributed by atoms with Gasteiger partial charge in [0.25, 0.3) is 11.8 Å². The molecule has 0 fully saturated rings. The summed E-state index contributed by atoms with van der Waals surface area (Å²) in [6.45, 7) is 4.08. The Morgan fingerprint density at radius 2 is 1.66 bits per heavy atom. The maximum atomic E-state index is 12.3. The Hall–Kier alpha value is -3.35. The average Bonchev–Trinajstić information content (AvgIpc) is 2.70. The van der Waals surface area contributed by atoms with Crippen molar-refractivity contribution >= 4 is 29.2 Å². The molecule has 2 rings (SSSR count). The van der Waals surface area contributed by atoms with E-state index >= 15 is 0 Å². The van der Waals surface area contributed by atoms with E-state index in [4.69, 9.17) is 4.74 Å². The first-order chi connectivity index (χ1) is 13.8. The van der Waals surface area contributed by atoms with Crippen LogP contribution < -0.4 is 15.5 Å². The Labute approximate surface area is 171 Å². The number of esters is 1. The summed E-state index contributed by atoms with van der Waals surface area (Å²) in [5.41, 5.74) is 2.03. The van der Waals surface area contributed by atoms with E-state index in [-0.39, 0.29) is 5.91 Å². The van der Waals surface area contributed by atoms with Gasteiger partial charge >= 0.3 is 5.97 Å². The topological polar surface area (TPSA) is 87.7 Å². The minimum atomic E-state index is -0.589. The predicted molar refractivity (Wildman–Crippen MR) is 113 cm³/mol. The monoisotopic (exact) mass is 397 g/mol. The first-order valence-electron chi connectivity index (χ1n) is 9.39. The Kier molecular flexibility index (Phi) is 7.77. The second-order valence-corrected chi connectivity index (χ2v) is 7.22. The zero-order valence-electron chi connectivity index (χ0n) is 17.2. The highest BCUT2D eigenvalue weighted by atomic mass is 16.5. The molecule has 0 unspecified atom stereocenters. The van der Waals surface area contributed by atoms with Gasteiger partial charge in [0, 0.05) is 26.3 Å². The molecule has 2 N–H and O–H groups in total. The van der Waals surface area contributed by atoms with Crippen LogP contribution in [0.15, 0.2) is 48.5 Å². The summed E-state index contributed by atoms with van der Waals surface area (Å²) in [5, 5.41) is 5.44. The smallest absolute Gasteiger partial charge is 0.338 e. The Bertz CT molecular complexity index is 861. The van der Waals surface area contributed by atoms with E-state index in [9.17, 15) is 14.4 Å². The number of nitrogens with one attached hydrogen (secondary N) is 2. The number of anilines is 2. The molecule has 7 heteroatoms. The van der Waals surface area contributed by atoms with Crippen molar-refractivity contribution in [2.24, 2.45) is 5.92 Å². The van der Waals surface area contributed by atoms with Crippen LogP contribution in [0.2, 0.25) is 0 Å². The minimum absolute atomic E-state index is 0.271. The molecular formula is C22H27N3O4. The number of carbonyl (C=O) groups excluding carboxylic acids is 3. The molecule has 0 aliphatic rings. The number of rotatable bonds is 8. The van der Waals surface area contributed by atoms with Crippen molar-refractivity contribution in [2.45, 2.75) is 13.8 Å². The number of hydrogen-bond donors (Lipinski definition) is 2. The van der Waals surface area contributed by atoms with Crippen LogP contribution >= 0.6 is 0 Å². The highest BCUT2D eigenvalue weighted by Gasteiger charge is 2.15. The zero-order valence-corrected chi connectivity index (χ0v) is 17.2. The number of hydrogen-bond acceptors (Lipinski definition) is 5. The number of carbonyl (C=O) groups is 3. The second kappa shape index (κ2) is 10.3. The fraction of sp³-hybridized carbons (Fsp3) is 0.318. The van der Waals surface area contributed by atoms with Crippen LogP contribution in [0, 0.1) is 5.92 Å². The summed E-state index contributed by atoms with van der Waals surface area (Å²) in [6, 6.07) is 13.6. The van der Waals surface area contributed by atoms with Gasteiger partial charge in [-0.1, -0.05) is 26.0 Å². The Balaban J connectivity index is 1.94. The summed E-state index contributed by atoms with van der Waals surface area (Å²) in [7, 11) is 3.80. The molecule has 0 heterocycles. The molecule has 2 aromatic rings. The fourth-order valence-electron chi connectivity index (χ4n) is 2.48. The van der Waals surface area contributed by atoms with Crippen molar-refractivity contribution in [3.63, 3.8) is 0 Å². The maximum absolute atomic E-state index is 12.3. The highest BCUT2D eigenvalue weighted by Crippen LogP contribution is 2.16. The molecule has 29 heavy (non-hydrogen) atoms. The molecule has 0 atom stereocenters. The Morgan fingerprint density at radius 3 is 2.28 bits per heavy atom. The molecule has 2 aromatic carbocycles. The van der Waals surface area contributed by atoms with Gasteiger partial charge < -0.3 is 20.3 Å². The van der Waals surface area contributed by atoms with Crippen molar-refractivity contribution in [1.29, 1.82) is 0 Å². The molecule has 154 valence electrons. The van der Waals surface area contributed by atoms with Crippen LogP contribution in [-0.2, 0) is 9.53 Å². The van der Waals surface area contributed by atoms with Crippen LogP contribution in [0.5, 0.6) is 0 Å². The zero-order chi connectivity index (χ0) is 21.4. The van der Waals surface area contributed by atoms with Gasteiger partial charge in [-0.05, 0) is 42.3 Å². The van der Waals surface area contributed by atoms with E-state index in [2.05, 4.69) is 10.6 Å². The first-order valence-corrected chi connectivity index (χ1v) is 9.39. The quantitative estimate of drug-likeness (QED) is 0.669. The van der Waals surface area contributed by atoms with Crippen molar-refractivity contribution in [3.05, 3.63) is 59.7 Å². The van der Waals surface area contributed by atoms with E-state index < -0.39 is 18.5 Å². The number of benzene rings is 2. The fourth-order valence-corrected chi connectivity index (χ4v) is 2.48. The van der Waals surface area contributed by atoms with Gasteiger partial charge in [0.2, 0.25) is 0 Å². The SMILES string of the molecule is CC(C)CNC(=O)c1ccccc1NC(=O)COC(=O)c1ccc(N(C)C)cc1. The number of amides is 2. The number of para-hydroxylation sites is 1. The molecule has 0 aromatic heterocycles. The first kappa shape index (κ1) is 21.9.